The van der Waals surface area contributed by atoms with Crippen molar-refractivity contribution in [1.82, 2.24) is 10.2 Å². The Bertz CT molecular complexity index is 320. The van der Waals surface area contributed by atoms with Crippen LogP contribution in [-0.4, -0.2) is 55.2 Å². The molecule has 0 bridgehead atoms. The Balaban J connectivity index is 2.39. The summed E-state index contributed by atoms with van der Waals surface area (Å²) in [4.78, 5) is 24.1. The van der Waals surface area contributed by atoms with Gasteiger partial charge in [-0.05, 0) is 6.92 Å². The van der Waals surface area contributed by atoms with Gasteiger partial charge in [-0.1, -0.05) is 0 Å². The SMILES string of the molecule is CC1CC(=O)NCC(=O)N1CCOCC(F)(F)F. The number of nitrogens with one attached hydrogen (secondary N) is 1. The molecule has 0 aromatic carbocycles. The van der Waals surface area contributed by atoms with Gasteiger partial charge in [0.1, 0.15) is 6.61 Å². The van der Waals surface area contributed by atoms with E-state index in [-0.39, 0.29) is 44.0 Å². The molecule has 1 aliphatic rings. The third kappa shape index (κ3) is 4.91. The minimum absolute atomic E-state index is 0.0467. The average molecular weight is 268 g/mol. The van der Waals surface area contributed by atoms with Crippen LogP contribution in [0.15, 0.2) is 0 Å². The van der Waals surface area contributed by atoms with Crippen molar-refractivity contribution in [3.63, 3.8) is 0 Å². The summed E-state index contributed by atoms with van der Waals surface area (Å²) in [6.45, 7) is 0.0599. The first-order valence-electron chi connectivity index (χ1n) is 5.50. The van der Waals surface area contributed by atoms with Gasteiger partial charge in [0.2, 0.25) is 11.8 Å². The summed E-state index contributed by atoms with van der Waals surface area (Å²) in [6.07, 6.45) is -4.23. The second-order valence-electron chi connectivity index (χ2n) is 4.08. The quantitative estimate of drug-likeness (QED) is 0.746. The van der Waals surface area contributed by atoms with Gasteiger partial charge in [-0.25, -0.2) is 0 Å². The monoisotopic (exact) mass is 268 g/mol. The standard InChI is InChI=1S/C10H15F3N2O3/c1-7-4-8(16)14-5-9(17)15(7)2-3-18-6-10(11,12)13/h7H,2-6H2,1H3,(H,14,16). The lowest BCUT2D eigenvalue weighted by Gasteiger charge is -2.26. The van der Waals surface area contributed by atoms with Gasteiger partial charge in [0, 0.05) is 19.0 Å². The normalized spacial score (nSPS) is 21.8. The highest BCUT2D eigenvalue weighted by molar-refractivity contribution is 5.87. The first-order chi connectivity index (χ1) is 8.29. The molecule has 0 aromatic rings. The van der Waals surface area contributed by atoms with Crippen LogP contribution in [0.4, 0.5) is 13.2 Å². The van der Waals surface area contributed by atoms with Crippen LogP contribution in [0.1, 0.15) is 13.3 Å². The van der Waals surface area contributed by atoms with Crippen molar-refractivity contribution in [1.29, 1.82) is 0 Å². The van der Waals surface area contributed by atoms with Crippen molar-refractivity contribution >= 4 is 11.8 Å². The Morgan fingerprint density at radius 2 is 2.11 bits per heavy atom. The average Bonchev–Trinajstić information content (AvgIpc) is 2.34. The predicted molar refractivity (Wildman–Crippen MR) is 55.7 cm³/mol. The van der Waals surface area contributed by atoms with Gasteiger partial charge in [-0.2, -0.15) is 13.2 Å². The Morgan fingerprint density at radius 3 is 2.72 bits per heavy atom. The van der Waals surface area contributed by atoms with Crippen LogP contribution < -0.4 is 5.32 Å². The van der Waals surface area contributed by atoms with Crippen LogP contribution in [0.3, 0.4) is 0 Å². The number of hydrogen-bond acceptors (Lipinski definition) is 3. The first kappa shape index (κ1) is 14.7. The molecule has 18 heavy (non-hydrogen) atoms. The number of hydrogen-bond donors (Lipinski definition) is 1. The highest BCUT2D eigenvalue weighted by Crippen LogP contribution is 2.14. The Morgan fingerprint density at radius 1 is 1.44 bits per heavy atom. The molecule has 5 nitrogen and oxygen atoms in total. The molecular formula is C10H15F3N2O3. The minimum Gasteiger partial charge on any atom is -0.370 e. The van der Waals surface area contributed by atoms with E-state index in [0.29, 0.717) is 0 Å². The van der Waals surface area contributed by atoms with Crippen LogP contribution in [0.25, 0.3) is 0 Å². The van der Waals surface area contributed by atoms with E-state index in [0.717, 1.165) is 0 Å². The Hall–Kier alpha value is -1.31. The molecule has 1 unspecified atom stereocenters. The number of halogens is 3. The topological polar surface area (TPSA) is 58.6 Å². The van der Waals surface area contributed by atoms with Gasteiger partial charge >= 0.3 is 6.18 Å². The maximum atomic E-state index is 11.8. The maximum absolute atomic E-state index is 11.8. The summed E-state index contributed by atoms with van der Waals surface area (Å²) in [5.41, 5.74) is 0. The molecule has 0 spiro atoms. The summed E-state index contributed by atoms with van der Waals surface area (Å²) in [5.74, 6) is -0.557. The fraction of sp³-hybridized carbons (Fsp3) is 0.800. The highest BCUT2D eigenvalue weighted by atomic mass is 19.4. The van der Waals surface area contributed by atoms with Crippen molar-refractivity contribution in [3.05, 3.63) is 0 Å². The summed E-state index contributed by atoms with van der Waals surface area (Å²) in [7, 11) is 0. The molecule has 1 saturated heterocycles. The van der Waals surface area contributed by atoms with E-state index in [4.69, 9.17) is 0 Å². The van der Waals surface area contributed by atoms with Crippen LogP contribution in [-0.2, 0) is 14.3 Å². The number of alkyl halides is 3. The number of carbonyl (C=O) groups excluding carboxylic acids is 2. The van der Waals surface area contributed by atoms with Gasteiger partial charge in [0.15, 0.2) is 0 Å². The third-order valence-corrected chi connectivity index (χ3v) is 2.51. The number of nitrogens with zero attached hydrogens (tertiary/aromatic N) is 1. The Labute approximate surface area is 102 Å². The van der Waals surface area contributed by atoms with E-state index < -0.39 is 12.8 Å². The summed E-state index contributed by atoms with van der Waals surface area (Å²) < 4.78 is 39.9. The molecule has 0 aromatic heterocycles. The number of carbonyl (C=O) groups is 2. The molecular weight excluding hydrogens is 253 g/mol. The third-order valence-electron chi connectivity index (χ3n) is 2.51. The molecule has 1 heterocycles. The maximum Gasteiger partial charge on any atom is 0.411 e. The molecule has 0 radical (unpaired) electrons. The van der Waals surface area contributed by atoms with Crippen LogP contribution in [0, 0.1) is 0 Å². The molecule has 2 amide bonds. The number of ether oxygens (including phenoxy) is 1. The van der Waals surface area contributed by atoms with Crippen molar-refractivity contribution in [2.75, 3.05) is 26.3 Å². The fourth-order valence-electron chi connectivity index (χ4n) is 1.67. The molecule has 1 N–H and O–H groups in total. The van der Waals surface area contributed by atoms with Crippen molar-refractivity contribution in [2.24, 2.45) is 0 Å². The number of rotatable bonds is 4. The molecule has 1 fully saturated rings. The van der Waals surface area contributed by atoms with Crippen LogP contribution in [0.2, 0.25) is 0 Å². The zero-order valence-electron chi connectivity index (χ0n) is 9.92. The van der Waals surface area contributed by atoms with Gasteiger partial charge in [0.05, 0.1) is 13.2 Å². The molecule has 1 rings (SSSR count). The van der Waals surface area contributed by atoms with E-state index in [9.17, 15) is 22.8 Å². The van der Waals surface area contributed by atoms with E-state index >= 15 is 0 Å². The van der Waals surface area contributed by atoms with E-state index in [1.165, 1.54) is 4.90 Å². The zero-order chi connectivity index (χ0) is 13.8. The van der Waals surface area contributed by atoms with Gasteiger partial charge in [0.25, 0.3) is 0 Å². The predicted octanol–water partition coefficient (Wildman–Crippen LogP) is 0.302. The molecule has 1 aliphatic heterocycles. The van der Waals surface area contributed by atoms with Crippen molar-refractivity contribution < 1.29 is 27.5 Å². The lowest BCUT2D eigenvalue weighted by Crippen LogP contribution is -2.42. The molecule has 8 heteroatoms. The van der Waals surface area contributed by atoms with Crippen molar-refractivity contribution in [3.8, 4) is 0 Å². The van der Waals surface area contributed by atoms with Gasteiger partial charge in [-0.3, -0.25) is 9.59 Å². The van der Waals surface area contributed by atoms with E-state index in [1.807, 2.05) is 0 Å². The van der Waals surface area contributed by atoms with Gasteiger partial charge < -0.3 is 15.0 Å². The number of amides is 2. The van der Waals surface area contributed by atoms with Crippen LogP contribution in [0.5, 0.6) is 0 Å². The summed E-state index contributed by atoms with van der Waals surface area (Å²) >= 11 is 0. The van der Waals surface area contributed by atoms with Gasteiger partial charge in [-0.15, -0.1) is 0 Å². The highest BCUT2D eigenvalue weighted by Gasteiger charge is 2.29. The molecule has 104 valence electrons. The minimum atomic E-state index is -4.37. The second kappa shape index (κ2) is 6.03. The van der Waals surface area contributed by atoms with E-state index in [2.05, 4.69) is 10.1 Å². The smallest absolute Gasteiger partial charge is 0.370 e. The molecule has 0 saturated carbocycles. The Kier molecular flexibility index (Phi) is 4.94. The first-order valence-corrected chi connectivity index (χ1v) is 5.50. The second-order valence-corrected chi connectivity index (χ2v) is 4.08. The summed E-state index contributed by atoms with van der Waals surface area (Å²) in [6, 6.07) is -0.338. The lowest BCUT2D eigenvalue weighted by molar-refractivity contribution is -0.175. The van der Waals surface area contributed by atoms with Crippen LogP contribution >= 0.6 is 0 Å². The molecule has 1 atom stereocenters. The van der Waals surface area contributed by atoms with Crippen molar-refractivity contribution in [2.45, 2.75) is 25.6 Å². The van der Waals surface area contributed by atoms with E-state index in [1.54, 1.807) is 6.92 Å². The fourth-order valence-corrected chi connectivity index (χ4v) is 1.67. The lowest BCUT2D eigenvalue weighted by atomic mass is 10.2. The largest absolute Gasteiger partial charge is 0.411 e. The summed E-state index contributed by atoms with van der Waals surface area (Å²) in [5, 5.41) is 2.42. The zero-order valence-corrected chi connectivity index (χ0v) is 9.92. The molecule has 0 aliphatic carbocycles.